The van der Waals surface area contributed by atoms with Crippen molar-refractivity contribution in [2.45, 2.75) is 45.6 Å². The molecule has 2 aromatic carbocycles. The topological polar surface area (TPSA) is 17.8 Å². The molecule has 27 heavy (non-hydrogen) atoms. The minimum absolute atomic E-state index is 0.126. The molecule has 2 nitrogen and oxygen atoms in total. The summed E-state index contributed by atoms with van der Waals surface area (Å²) >= 11 is 0. The number of rotatable bonds is 1. The van der Waals surface area contributed by atoms with Gasteiger partial charge in [0.2, 0.25) is 0 Å². The maximum atomic E-state index is 4.70. The molecular weight excluding hydrogens is 328 g/mol. The van der Waals surface area contributed by atoms with Gasteiger partial charge in [-0.05, 0) is 60.1 Å². The highest BCUT2D eigenvalue weighted by Crippen LogP contribution is 2.42. The second-order valence-corrected chi connectivity index (χ2v) is 8.79. The average molecular weight is 354 g/mol. The summed E-state index contributed by atoms with van der Waals surface area (Å²) in [5.41, 5.74) is 6.63. The van der Waals surface area contributed by atoms with Crippen LogP contribution < -0.4 is 0 Å². The first-order chi connectivity index (χ1) is 13.0. The van der Waals surface area contributed by atoms with Crippen LogP contribution >= 0.6 is 0 Å². The molecule has 1 aliphatic rings. The van der Waals surface area contributed by atoms with Crippen molar-refractivity contribution < 1.29 is 0 Å². The molecule has 2 bridgehead atoms. The molecular formula is C25H26N2. The van der Waals surface area contributed by atoms with E-state index in [-0.39, 0.29) is 5.41 Å². The van der Waals surface area contributed by atoms with Crippen molar-refractivity contribution in [3.05, 3.63) is 66.4 Å². The largest absolute Gasteiger partial charge is 0.340 e. The van der Waals surface area contributed by atoms with Gasteiger partial charge in [-0.15, -0.1) is 0 Å². The molecule has 0 amide bonds. The van der Waals surface area contributed by atoms with E-state index in [4.69, 9.17) is 4.98 Å². The Morgan fingerprint density at radius 3 is 2.59 bits per heavy atom. The predicted molar refractivity (Wildman–Crippen MR) is 114 cm³/mol. The summed E-state index contributed by atoms with van der Waals surface area (Å²) in [4.78, 5) is 4.70. The molecule has 0 saturated carbocycles. The van der Waals surface area contributed by atoms with Crippen LogP contribution in [0.1, 0.15) is 39.2 Å². The molecule has 136 valence electrons. The van der Waals surface area contributed by atoms with Crippen molar-refractivity contribution in [1.82, 2.24) is 9.55 Å². The summed E-state index contributed by atoms with van der Waals surface area (Å²) in [7, 11) is 0. The predicted octanol–water partition coefficient (Wildman–Crippen LogP) is 6.56. The van der Waals surface area contributed by atoms with E-state index in [1.54, 1.807) is 0 Å². The maximum absolute atomic E-state index is 4.70. The van der Waals surface area contributed by atoms with Gasteiger partial charge in [0.15, 0.2) is 0 Å². The molecule has 0 radical (unpaired) electrons. The van der Waals surface area contributed by atoms with Crippen molar-refractivity contribution >= 4 is 21.8 Å². The third-order valence-corrected chi connectivity index (χ3v) is 6.34. The molecule has 0 spiro atoms. The summed E-state index contributed by atoms with van der Waals surface area (Å²) in [6.07, 6.45) is 4.34. The molecule has 2 heteroatoms. The van der Waals surface area contributed by atoms with E-state index >= 15 is 0 Å². The molecule has 0 N–H and O–H groups in total. The van der Waals surface area contributed by atoms with E-state index in [1.807, 2.05) is 12.3 Å². The van der Waals surface area contributed by atoms with E-state index in [0.29, 0.717) is 5.92 Å². The first-order valence-electron chi connectivity index (χ1n) is 10.0. The van der Waals surface area contributed by atoms with Crippen molar-refractivity contribution in [2.24, 2.45) is 5.92 Å². The summed E-state index contributed by atoms with van der Waals surface area (Å²) in [6.45, 7) is 8.27. The fourth-order valence-corrected chi connectivity index (χ4v) is 4.73. The second kappa shape index (κ2) is 5.95. The van der Waals surface area contributed by atoms with Crippen LogP contribution in [0.25, 0.3) is 33.1 Å². The van der Waals surface area contributed by atoms with E-state index in [9.17, 15) is 0 Å². The highest BCUT2D eigenvalue weighted by atomic mass is 15.0. The number of nitrogens with zero attached hydrogens (tertiary/aromatic N) is 2. The molecule has 3 heterocycles. The minimum atomic E-state index is 0.126. The Hall–Kier alpha value is -2.61. The van der Waals surface area contributed by atoms with Crippen molar-refractivity contribution in [1.29, 1.82) is 0 Å². The minimum Gasteiger partial charge on any atom is -0.340 e. The Morgan fingerprint density at radius 1 is 0.963 bits per heavy atom. The molecule has 1 aliphatic heterocycles. The Labute approximate surface area is 160 Å². The molecule has 0 fully saturated rings. The van der Waals surface area contributed by atoms with Crippen LogP contribution in [0, 0.1) is 5.92 Å². The molecule has 0 aliphatic carbocycles. The molecule has 4 aromatic rings. The van der Waals surface area contributed by atoms with Gasteiger partial charge in [-0.1, -0.05) is 45.0 Å². The highest BCUT2D eigenvalue weighted by molar-refractivity contribution is 6.09. The number of para-hydroxylation sites is 1. The summed E-state index contributed by atoms with van der Waals surface area (Å²) in [5.74, 6) is 0.663. The Bertz CT molecular complexity index is 1140. The molecule has 1 atom stereocenters. The zero-order valence-electron chi connectivity index (χ0n) is 16.4. The lowest BCUT2D eigenvalue weighted by Crippen LogP contribution is -2.19. The number of benzene rings is 2. The Morgan fingerprint density at radius 2 is 1.78 bits per heavy atom. The zero-order chi connectivity index (χ0) is 18.6. The van der Waals surface area contributed by atoms with Crippen LogP contribution in [-0.4, -0.2) is 9.55 Å². The first-order valence-corrected chi connectivity index (χ1v) is 10.0. The Balaban J connectivity index is 1.93. The number of hydrogen-bond donors (Lipinski definition) is 0. The van der Waals surface area contributed by atoms with Gasteiger partial charge in [0.1, 0.15) is 0 Å². The van der Waals surface area contributed by atoms with Crippen LogP contribution in [0.3, 0.4) is 0 Å². The van der Waals surface area contributed by atoms with Crippen LogP contribution in [0.4, 0.5) is 0 Å². The zero-order valence-corrected chi connectivity index (χ0v) is 16.4. The fraction of sp³-hybridized carbons (Fsp3) is 0.320. The number of pyridine rings is 1. The average Bonchev–Trinajstić information content (AvgIpc) is 3.00. The van der Waals surface area contributed by atoms with E-state index in [1.165, 1.54) is 45.8 Å². The molecule has 2 aromatic heterocycles. The lowest BCUT2D eigenvalue weighted by molar-refractivity contribution is 0.380. The van der Waals surface area contributed by atoms with Crippen LogP contribution in [0.2, 0.25) is 0 Å². The summed E-state index contributed by atoms with van der Waals surface area (Å²) in [6, 6.07) is 19.9. The highest BCUT2D eigenvalue weighted by Gasteiger charge is 2.29. The molecule has 5 rings (SSSR count). The summed E-state index contributed by atoms with van der Waals surface area (Å²) < 4.78 is 2.54. The van der Waals surface area contributed by atoms with Crippen molar-refractivity contribution in [2.75, 3.05) is 0 Å². The van der Waals surface area contributed by atoms with Gasteiger partial charge in [-0.25, -0.2) is 0 Å². The molecule has 1 unspecified atom stereocenters. The van der Waals surface area contributed by atoms with Crippen LogP contribution in [0.5, 0.6) is 0 Å². The van der Waals surface area contributed by atoms with E-state index in [2.05, 4.69) is 73.9 Å². The quantitative estimate of drug-likeness (QED) is 0.378. The van der Waals surface area contributed by atoms with Gasteiger partial charge in [0.25, 0.3) is 0 Å². The van der Waals surface area contributed by atoms with E-state index < -0.39 is 0 Å². The first kappa shape index (κ1) is 16.6. The van der Waals surface area contributed by atoms with Gasteiger partial charge in [0, 0.05) is 40.1 Å². The van der Waals surface area contributed by atoms with Gasteiger partial charge in [-0.3, -0.25) is 4.98 Å². The van der Waals surface area contributed by atoms with Gasteiger partial charge in [0.05, 0.1) is 5.69 Å². The third kappa shape index (κ3) is 2.58. The van der Waals surface area contributed by atoms with Gasteiger partial charge < -0.3 is 4.57 Å². The van der Waals surface area contributed by atoms with Gasteiger partial charge >= 0.3 is 0 Å². The van der Waals surface area contributed by atoms with E-state index in [0.717, 1.165) is 12.2 Å². The lowest BCUT2D eigenvalue weighted by Gasteiger charge is -2.28. The second-order valence-electron chi connectivity index (χ2n) is 8.79. The monoisotopic (exact) mass is 354 g/mol. The van der Waals surface area contributed by atoms with Crippen molar-refractivity contribution in [3.63, 3.8) is 0 Å². The Kier molecular flexibility index (Phi) is 3.65. The van der Waals surface area contributed by atoms with Crippen LogP contribution in [-0.2, 0) is 12.0 Å². The summed E-state index contributed by atoms with van der Waals surface area (Å²) in [5, 5.41) is 2.70. The smallest absolute Gasteiger partial charge is 0.0705 e. The number of hydrogen-bond acceptors (Lipinski definition) is 1. The molecule has 0 saturated heterocycles. The van der Waals surface area contributed by atoms with Crippen molar-refractivity contribution in [3.8, 4) is 11.3 Å². The standard InChI is InChI=1S/C25H26N2/c1-17-11-12-25(2,3)21-15-24-19(14-20(21)22-9-6-7-13-26-22)18-8-4-5-10-23(18)27(24)16-17/h4-10,13-15,17H,11-12,16H2,1-3H3. The van der Waals surface area contributed by atoms with Crippen LogP contribution in [0.15, 0.2) is 60.8 Å². The number of fused-ring (bicyclic) bond motifs is 4. The third-order valence-electron chi connectivity index (χ3n) is 6.34. The lowest BCUT2D eigenvalue weighted by atomic mass is 9.76. The maximum Gasteiger partial charge on any atom is 0.0705 e. The fourth-order valence-electron chi connectivity index (χ4n) is 4.73. The normalized spacial score (nSPS) is 19.1. The number of aromatic nitrogens is 2. The SMILES string of the molecule is CC1CCC(C)(C)c2cc3c(cc2-c2ccccn2)c2ccccc2n3C1. The van der Waals surface area contributed by atoms with Gasteiger partial charge in [-0.2, -0.15) is 0 Å².